The van der Waals surface area contributed by atoms with Gasteiger partial charge in [-0.25, -0.2) is 0 Å². The molecule has 10 atom stereocenters. The molecule has 3 saturated carbocycles. The highest BCUT2D eigenvalue weighted by atomic mass is 16.7. The zero-order chi connectivity index (χ0) is 53.1. The molecule has 2 aromatic rings. The zero-order valence-electron chi connectivity index (χ0n) is 41.7. The number of carbonyl (C=O) groups excluding carboxylic acids is 8. The minimum absolute atomic E-state index is 0.0449. The van der Waals surface area contributed by atoms with E-state index in [1.54, 1.807) is 24.3 Å². The number of aliphatic hydroxyl groups is 1. The molecule has 0 spiro atoms. The van der Waals surface area contributed by atoms with Crippen LogP contribution in [0.15, 0.2) is 48.5 Å². The summed E-state index contributed by atoms with van der Waals surface area (Å²) in [6, 6.07) is 9.29. The summed E-state index contributed by atoms with van der Waals surface area (Å²) in [4.78, 5) is 106. The molecule has 23 nitrogen and oxygen atoms in total. The van der Waals surface area contributed by atoms with E-state index in [4.69, 9.17) is 38.0 Å². The fourth-order valence-corrected chi connectivity index (χ4v) is 9.74. The van der Waals surface area contributed by atoms with Gasteiger partial charge in [0.25, 0.3) is 17.7 Å². The number of aliphatic hydroxyl groups excluding tert-OH is 1. The highest BCUT2D eigenvalue weighted by Crippen LogP contribution is 2.65. The van der Waals surface area contributed by atoms with Gasteiger partial charge in [-0.05, 0) is 104 Å². The monoisotopic (exact) mass is 1000 g/mol. The van der Waals surface area contributed by atoms with E-state index in [1.165, 1.54) is 12.6 Å². The van der Waals surface area contributed by atoms with Gasteiger partial charge < -0.3 is 79.9 Å². The number of nitrogens with two attached hydrogens (primary N) is 5. The Labute approximate surface area is 420 Å². The molecule has 4 aliphatic rings. The van der Waals surface area contributed by atoms with E-state index in [2.05, 4.69) is 64.8 Å². The van der Waals surface area contributed by atoms with Gasteiger partial charge in [0.15, 0.2) is 12.3 Å². The van der Waals surface area contributed by atoms with Crippen LogP contribution >= 0.6 is 0 Å². The summed E-state index contributed by atoms with van der Waals surface area (Å²) >= 11 is 0. The Morgan fingerprint density at radius 1 is 0.778 bits per heavy atom. The molecule has 6 rings (SSSR count). The Morgan fingerprint density at radius 3 is 1.99 bits per heavy atom. The second kappa shape index (κ2) is 25.1. The van der Waals surface area contributed by atoms with Crippen molar-refractivity contribution in [3.63, 3.8) is 0 Å². The first-order valence-electron chi connectivity index (χ1n) is 24.5. The average molecular weight is 1000 g/mol. The lowest BCUT2D eigenvalue weighted by molar-refractivity contribution is -0.199. The van der Waals surface area contributed by atoms with Crippen LogP contribution in [0.4, 0.5) is 0 Å². The topological polar surface area (TPSA) is 381 Å². The van der Waals surface area contributed by atoms with Crippen LogP contribution in [0, 0.1) is 17.3 Å². The number of unbranched alkanes of at least 4 members (excludes halogenated alkanes) is 2. The molecule has 1 unspecified atom stereocenters. The maximum absolute atomic E-state index is 13.6. The van der Waals surface area contributed by atoms with Gasteiger partial charge in [-0.2, -0.15) is 0 Å². The predicted octanol–water partition coefficient (Wildman–Crippen LogP) is -2.31. The Hall–Kier alpha value is -6.02. The van der Waals surface area contributed by atoms with E-state index in [1.807, 2.05) is 19.1 Å². The summed E-state index contributed by atoms with van der Waals surface area (Å²) in [5.74, 6) is -6.58. The molecule has 8 amide bonds. The van der Waals surface area contributed by atoms with Crippen molar-refractivity contribution in [1.82, 2.24) is 36.8 Å². The summed E-state index contributed by atoms with van der Waals surface area (Å²) in [6.07, 6.45) is 1.39. The van der Waals surface area contributed by atoms with Gasteiger partial charge >= 0.3 is 7.12 Å². The minimum Gasteiger partial charge on any atom is -0.403 e. The van der Waals surface area contributed by atoms with Crippen molar-refractivity contribution < 1.29 is 52.8 Å². The van der Waals surface area contributed by atoms with Crippen molar-refractivity contribution in [2.24, 2.45) is 45.9 Å². The number of nitrogens with zero attached hydrogens (tertiary/aromatic N) is 1. The molecule has 17 N–H and O–H groups in total. The molecule has 394 valence electrons. The first-order valence-corrected chi connectivity index (χ1v) is 24.5. The van der Waals surface area contributed by atoms with Crippen molar-refractivity contribution >= 4 is 54.4 Å². The van der Waals surface area contributed by atoms with Crippen molar-refractivity contribution in [2.75, 3.05) is 26.7 Å². The van der Waals surface area contributed by atoms with Crippen molar-refractivity contribution in [1.29, 1.82) is 0 Å². The molecule has 3 aliphatic carbocycles. The normalized spacial score (nSPS) is 22.0. The Balaban J connectivity index is 1.10. The first-order chi connectivity index (χ1) is 34.0. The van der Waals surface area contributed by atoms with E-state index in [0.29, 0.717) is 18.8 Å². The van der Waals surface area contributed by atoms with E-state index in [0.717, 1.165) is 48.1 Å². The molecule has 0 radical (unpaired) electrons. The first kappa shape index (κ1) is 56.9. The zero-order valence-corrected chi connectivity index (χ0v) is 41.7. The number of hydrogen-bond donors (Lipinski definition) is 12. The van der Waals surface area contributed by atoms with Crippen LogP contribution in [-0.2, 0) is 49.3 Å². The summed E-state index contributed by atoms with van der Waals surface area (Å²) < 4.78 is 12.5. The van der Waals surface area contributed by atoms with Crippen molar-refractivity contribution in [3.05, 3.63) is 59.7 Å². The molecule has 1 aliphatic heterocycles. The van der Waals surface area contributed by atoms with Crippen LogP contribution in [-0.4, -0.2) is 139 Å². The van der Waals surface area contributed by atoms with E-state index in [-0.39, 0.29) is 36.0 Å². The standard InChI is InChI=1S/C48H73BN12O11/c1-6-7-10-26-12-14-27(15-13-26)28-16-18-29(19-17-28)40(65)57-32(25-62)42(67)58-38(52)44(69)55-24-37(64)61(5)33(11-8-9-20-50)43(68)59-39(53)45(70)56-31(23-36(51)63)41(66)60-46(54)49-71-35-22-30-21-34(47(30,2)3)48(35,4)72-49/h12-19,30-35,38-39,46,62H,6-11,20-25,50,52-54H2,1-5H3,(H2,51,63)(H,55,69)(H,56,70)(H,57,65)(H,58,67)(H,59,68)(H,60,66)/t30-,31-,32+,33-,34-,35?,38-,39+,46+,48-/m0/s1. The lowest BCUT2D eigenvalue weighted by atomic mass is 9.43. The molecular weight excluding hydrogens is 931 g/mol. The van der Waals surface area contributed by atoms with Gasteiger partial charge in [-0.3, -0.25) is 38.4 Å². The van der Waals surface area contributed by atoms with Crippen LogP contribution in [0.3, 0.4) is 0 Å². The Morgan fingerprint density at radius 2 is 1.39 bits per heavy atom. The van der Waals surface area contributed by atoms with Crippen LogP contribution in [0.1, 0.15) is 95.0 Å². The van der Waals surface area contributed by atoms with Gasteiger partial charge in [0.1, 0.15) is 24.2 Å². The van der Waals surface area contributed by atoms with Crippen LogP contribution in [0.25, 0.3) is 11.1 Å². The van der Waals surface area contributed by atoms with Gasteiger partial charge in [-0.1, -0.05) is 63.6 Å². The van der Waals surface area contributed by atoms with Crippen molar-refractivity contribution in [2.45, 2.75) is 134 Å². The van der Waals surface area contributed by atoms with Crippen LogP contribution < -0.4 is 60.6 Å². The van der Waals surface area contributed by atoms with E-state index in [9.17, 15) is 43.5 Å². The molecule has 2 aromatic carbocycles. The summed E-state index contributed by atoms with van der Waals surface area (Å²) in [6.45, 7) is 7.23. The fourth-order valence-electron chi connectivity index (χ4n) is 9.74. The number of carbonyl (C=O) groups is 8. The lowest BCUT2D eigenvalue weighted by Crippen LogP contribution is -2.65. The number of nitrogens with one attached hydrogen (secondary N) is 6. The number of likely N-dealkylation sites (N-methyl/N-ethyl adjacent to an activating group) is 1. The third kappa shape index (κ3) is 13.9. The maximum Gasteiger partial charge on any atom is 0.497 e. The van der Waals surface area contributed by atoms with Gasteiger partial charge in [0, 0.05) is 12.6 Å². The Kier molecular flexibility index (Phi) is 19.8. The number of aryl methyl sites for hydroxylation is 1. The highest BCUT2D eigenvalue weighted by molar-refractivity contribution is 6.47. The number of benzene rings is 2. The molecule has 4 fully saturated rings. The van der Waals surface area contributed by atoms with E-state index < -0.39 is 116 Å². The van der Waals surface area contributed by atoms with Crippen LogP contribution in [0.5, 0.6) is 0 Å². The van der Waals surface area contributed by atoms with Crippen LogP contribution in [0.2, 0.25) is 0 Å². The summed E-state index contributed by atoms with van der Waals surface area (Å²) in [5, 5.41) is 24.0. The lowest BCUT2D eigenvalue weighted by Gasteiger charge is -2.64. The quantitative estimate of drug-likeness (QED) is 0.0268. The van der Waals surface area contributed by atoms with E-state index >= 15 is 0 Å². The average Bonchev–Trinajstić information content (AvgIpc) is 3.72. The summed E-state index contributed by atoms with van der Waals surface area (Å²) in [5.41, 5.74) is 32.1. The fraction of sp³-hybridized carbons (Fsp3) is 0.583. The molecule has 1 heterocycles. The van der Waals surface area contributed by atoms with Gasteiger partial charge in [0.2, 0.25) is 29.5 Å². The smallest absolute Gasteiger partial charge is 0.403 e. The number of primary amides is 1. The predicted molar refractivity (Wildman–Crippen MR) is 266 cm³/mol. The molecule has 1 saturated heterocycles. The van der Waals surface area contributed by atoms with Gasteiger partial charge in [0.05, 0.1) is 31.3 Å². The number of amides is 8. The molecule has 0 aromatic heterocycles. The molecule has 2 bridgehead atoms. The third-order valence-corrected chi connectivity index (χ3v) is 14.3. The number of hydrogen-bond acceptors (Lipinski definition) is 15. The largest absolute Gasteiger partial charge is 0.497 e. The number of rotatable bonds is 26. The SMILES string of the molecule is CCCCc1ccc(-c2ccc(C(=O)N[C@H](CO)C(=O)N[C@H](N)C(=O)NCC(=O)N(C)[C@@H](CCCCN)C(=O)N[C@@H](N)C(=O)N[C@@H](CC(N)=O)C(=O)N[C@@H](N)B3OC4C[C@@H]5C[C@@H](C5(C)C)[C@]4(C)O3)cc2)cc1. The van der Waals surface area contributed by atoms with Crippen molar-refractivity contribution in [3.8, 4) is 11.1 Å². The second-order valence-electron chi connectivity index (χ2n) is 19.7. The molecule has 24 heteroatoms. The molecule has 72 heavy (non-hydrogen) atoms. The Bertz CT molecular complexity index is 2270. The second-order valence-corrected chi connectivity index (χ2v) is 19.7. The maximum atomic E-state index is 13.6. The third-order valence-electron chi connectivity index (χ3n) is 14.3. The molecular formula is C48H73BN12O11. The van der Waals surface area contributed by atoms with Gasteiger partial charge in [-0.15, -0.1) is 0 Å². The summed E-state index contributed by atoms with van der Waals surface area (Å²) in [7, 11) is 0.258. The minimum atomic E-state index is -1.80. The highest BCUT2D eigenvalue weighted by Gasteiger charge is 2.68.